The molecule has 1 aliphatic carbocycles. The lowest BCUT2D eigenvalue weighted by Crippen LogP contribution is -2.04. The van der Waals surface area contributed by atoms with E-state index in [2.05, 4.69) is 12.1 Å². The Kier molecular flexibility index (Phi) is 3.08. The maximum Gasteiger partial charge on any atom is 0.193 e. The van der Waals surface area contributed by atoms with Gasteiger partial charge in [-0.2, -0.15) is 0 Å². The van der Waals surface area contributed by atoms with Crippen LogP contribution in [0, 0.1) is 0 Å². The number of ether oxygens (including phenoxy) is 1. The number of hydrogen-bond donors (Lipinski definition) is 1. The highest BCUT2D eigenvalue weighted by molar-refractivity contribution is 6.17. The number of rotatable bonds is 3. The van der Waals surface area contributed by atoms with Crippen LogP contribution in [0.15, 0.2) is 48.5 Å². The van der Waals surface area contributed by atoms with Gasteiger partial charge < -0.3 is 10.5 Å². The van der Waals surface area contributed by atoms with E-state index in [9.17, 15) is 4.79 Å². The van der Waals surface area contributed by atoms with E-state index in [-0.39, 0.29) is 5.78 Å². The van der Waals surface area contributed by atoms with Crippen molar-refractivity contribution >= 4 is 22.2 Å². The molecular weight excluding hydrogens is 286 g/mol. The molecule has 2 N–H and O–H groups in total. The molecule has 0 saturated heterocycles. The van der Waals surface area contributed by atoms with Crippen molar-refractivity contribution in [3.63, 3.8) is 0 Å². The second kappa shape index (κ2) is 5.13. The Morgan fingerprint density at radius 2 is 1.83 bits per heavy atom. The van der Waals surface area contributed by atoms with E-state index in [0.717, 1.165) is 23.8 Å². The number of nitrogens with two attached hydrogens (primary N) is 1. The van der Waals surface area contributed by atoms with Crippen molar-refractivity contribution < 1.29 is 9.53 Å². The summed E-state index contributed by atoms with van der Waals surface area (Å²) in [5.74, 6) is 0.580. The molecule has 0 aliphatic heterocycles. The van der Waals surface area contributed by atoms with Crippen molar-refractivity contribution in [1.82, 2.24) is 0 Å². The molecule has 0 amide bonds. The van der Waals surface area contributed by atoms with Crippen molar-refractivity contribution in [2.24, 2.45) is 0 Å². The first-order valence-corrected chi connectivity index (χ1v) is 7.71. The molecular formula is C20H17NO2. The smallest absolute Gasteiger partial charge is 0.193 e. The molecule has 23 heavy (non-hydrogen) atoms. The van der Waals surface area contributed by atoms with Crippen molar-refractivity contribution in [1.29, 1.82) is 0 Å². The Morgan fingerprint density at radius 3 is 2.57 bits per heavy atom. The number of nitrogen functional groups attached to an aromatic ring is 1. The maximum atomic E-state index is 13.0. The van der Waals surface area contributed by atoms with Gasteiger partial charge in [0.25, 0.3) is 0 Å². The molecule has 0 atom stereocenters. The number of ketones is 1. The number of aryl methyl sites for hydroxylation is 2. The van der Waals surface area contributed by atoms with Crippen LogP contribution in [-0.4, -0.2) is 12.9 Å². The molecule has 3 aromatic carbocycles. The Balaban J connectivity index is 1.87. The van der Waals surface area contributed by atoms with Crippen molar-refractivity contribution in [3.8, 4) is 5.75 Å². The lowest BCUT2D eigenvalue weighted by Gasteiger charge is -2.10. The summed E-state index contributed by atoms with van der Waals surface area (Å²) < 4.78 is 5.16. The third kappa shape index (κ3) is 2.08. The molecule has 0 heterocycles. The summed E-state index contributed by atoms with van der Waals surface area (Å²) in [7, 11) is 1.57. The highest BCUT2D eigenvalue weighted by Gasteiger charge is 2.19. The average molecular weight is 303 g/mol. The normalized spacial score (nSPS) is 12.6. The standard InChI is InChI=1S/C20H17NO2/c1-23-18-10-8-14(11-17(18)21)20(22)16-9-7-13-6-5-12-3-2-4-15(16)19(12)13/h2-4,7-11H,5-6,21H2,1H3. The number of carbonyl (C=O) groups is 1. The van der Waals surface area contributed by atoms with Gasteiger partial charge in [-0.3, -0.25) is 4.79 Å². The molecule has 114 valence electrons. The third-order valence-electron chi connectivity index (χ3n) is 4.61. The fraction of sp³-hybridized carbons (Fsp3) is 0.150. The second-order valence-corrected chi connectivity index (χ2v) is 5.90. The minimum Gasteiger partial charge on any atom is -0.495 e. The van der Waals surface area contributed by atoms with E-state index in [1.54, 1.807) is 25.3 Å². The molecule has 3 aromatic rings. The summed E-state index contributed by atoms with van der Waals surface area (Å²) in [4.78, 5) is 13.0. The summed E-state index contributed by atoms with van der Waals surface area (Å²) in [6.45, 7) is 0. The fourth-order valence-corrected chi connectivity index (χ4v) is 3.48. The highest BCUT2D eigenvalue weighted by Crippen LogP contribution is 2.34. The zero-order valence-electron chi connectivity index (χ0n) is 12.9. The molecule has 0 radical (unpaired) electrons. The lowest BCUT2D eigenvalue weighted by atomic mass is 9.94. The van der Waals surface area contributed by atoms with Crippen molar-refractivity contribution in [2.45, 2.75) is 12.8 Å². The van der Waals surface area contributed by atoms with Gasteiger partial charge in [0, 0.05) is 11.1 Å². The highest BCUT2D eigenvalue weighted by atomic mass is 16.5. The van der Waals surface area contributed by atoms with E-state index < -0.39 is 0 Å². The van der Waals surface area contributed by atoms with E-state index in [1.165, 1.54) is 16.5 Å². The molecule has 0 saturated carbocycles. The number of methoxy groups -OCH3 is 1. The van der Waals surface area contributed by atoms with E-state index in [1.807, 2.05) is 18.2 Å². The summed E-state index contributed by atoms with van der Waals surface area (Å²) in [6.07, 6.45) is 2.11. The number of anilines is 1. The SMILES string of the molecule is COc1ccc(C(=O)c2ccc3c4c(cccc24)CC3)cc1N. The molecule has 0 bridgehead atoms. The predicted molar refractivity (Wildman–Crippen MR) is 92.2 cm³/mol. The third-order valence-corrected chi connectivity index (χ3v) is 4.61. The first kappa shape index (κ1) is 13.8. The fourth-order valence-electron chi connectivity index (χ4n) is 3.48. The Labute approximate surface area is 134 Å². The van der Waals surface area contributed by atoms with E-state index in [4.69, 9.17) is 10.5 Å². The Morgan fingerprint density at radius 1 is 1.04 bits per heavy atom. The number of carbonyl (C=O) groups excluding carboxylic acids is 1. The minimum atomic E-state index is -0.00467. The summed E-state index contributed by atoms with van der Waals surface area (Å²) in [6, 6.07) is 15.4. The monoisotopic (exact) mass is 303 g/mol. The molecule has 3 nitrogen and oxygen atoms in total. The van der Waals surface area contributed by atoms with Gasteiger partial charge in [0.15, 0.2) is 5.78 Å². The Hall–Kier alpha value is -2.81. The Bertz CT molecular complexity index is 934. The molecule has 0 spiro atoms. The zero-order valence-corrected chi connectivity index (χ0v) is 12.9. The van der Waals surface area contributed by atoms with Crippen LogP contribution in [0.3, 0.4) is 0 Å². The van der Waals surface area contributed by atoms with Gasteiger partial charge in [-0.15, -0.1) is 0 Å². The van der Waals surface area contributed by atoms with Gasteiger partial charge >= 0.3 is 0 Å². The van der Waals surface area contributed by atoms with E-state index in [0.29, 0.717) is 17.0 Å². The number of hydrogen-bond acceptors (Lipinski definition) is 3. The van der Waals surface area contributed by atoms with Crippen LogP contribution in [-0.2, 0) is 12.8 Å². The van der Waals surface area contributed by atoms with Gasteiger partial charge in [-0.05, 0) is 52.9 Å². The second-order valence-electron chi connectivity index (χ2n) is 5.90. The predicted octanol–water partition coefficient (Wildman–Crippen LogP) is 3.76. The maximum absolute atomic E-state index is 13.0. The van der Waals surface area contributed by atoms with Crippen LogP contribution in [0.2, 0.25) is 0 Å². The molecule has 1 aliphatic rings. The van der Waals surface area contributed by atoms with Crippen molar-refractivity contribution in [3.05, 3.63) is 70.8 Å². The van der Waals surface area contributed by atoms with Crippen molar-refractivity contribution in [2.75, 3.05) is 12.8 Å². The van der Waals surface area contributed by atoms with Gasteiger partial charge in [-0.1, -0.05) is 30.3 Å². The van der Waals surface area contributed by atoms with Crippen LogP contribution >= 0.6 is 0 Å². The molecule has 3 heteroatoms. The molecule has 0 aromatic heterocycles. The van der Waals surface area contributed by atoms with E-state index >= 15 is 0 Å². The van der Waals surface area contributed by atoms with Crippen LogP contribution in [0.4, 0.5) is 5.69 Å². The molecule has 0 unspecified atom stereocenters. The molecule has 4 rings (SSSR count). The van der Waals surface area contributed by atoms with Gasteiger partial charge in [0.1, 0.15) is 5.75 Å². The quantitative estimate of drug-likeness (QED) is 0.592. The van der Waals surface area contributed by atoms with Gasteiger partial charge in [0.2, 0.25) is 0 Å². The topological polar surface area (TPSA) is 52.3 Å². The first-order valence-electron chi connectivity index (χ1n) is 7.71. The van der Waals surface area contributed by atoms with Gasteiger partial charge in [0.05, 0.1) is 12.8 Å². The summed E-state index contributed by atoms with van der Waals surface area (Å²) >= 11 is 0. The van der Waals surface area contributed by atoms with Crippen LogP contribution in [0.25, 0.3) is 10.8 Å². The summed E-state index contributed by atoms with van der Waals surface area (Å²) in [5, 5.41) is 2.29. The first-order chi connectivity index (χ1) is 11.2. The van der Waals surface area contributed by atoms with Gasteiger partial charge in [-0.25, -0.2) is 0 Å². The zero-order chi connectivity index (χ0) is 16.0. The molecule has 0 fully saturated rings. The minimum absolute atomic E-state index is 0.00467. The lowest BCUT2D eigenvalue weighted by molar-refractivity contribution is 0.104. The average Bonchev–Trinajstić information content (AvgIpc) is 3.00. The largest absolute Gasteiger partial charge is 0.495 e. The summed E-state index contributed by atoms with van der Waals surface area (Å²) in [5.41, 5.74) is 10.4. The number of benzene rings is 3. The van der Waals surface area contributed by atoms with Crippen LogP contribution in [0.5, 0.6) is 5.75 Å². The van der Waals surface area contributed by atoms with Crippen LogP contribution < -0.4 is 10.5 Å². The van der Waals surface area contributed by atoms with Crippen LogP contribution in [0.1, 0.15) is 27.0 Å².